The zero-order valence-corrected chi connectivity index (χ0v) is 8.57. The molecule has 0 bridgehead atoms. The van der Waals surface area contributed by atoms with Gasteiger partial charge in [0.25, 0.3) is 5.56 Å². The minimum atomic E-state index is -0.138. The number of nitrogens with zero attached hydrogens (tertiary/aromatic N) is 1. The number of nitrogens with one attached hydrogen (secondary N) is 2. The first kappa shape index (κ1) is 8.96. The molecule has 5 nitrogen and oxygen atoms in total. The molecule has 0 fully saturated rings. The van der Waals surface area contributed by atoms with E-state index in [9.17, 15) is 4.79 Å². The van der Waals surface area contributed by atoms with Gasteiger partial charge in [0.15, 0.2) is 0 Å². The van der Waals surface area contributed by atoms with E-state index in [2.05, 4.69) is 15.0 Å². The molecule has 80 valence electrons. The van der Waals surface area contributed by atoms with Crippen LogP contribution in [0.2, 0.25) is 0 Å². The van der Waals surface area contributed by atoms with Crippen LogP contribution in [-0.2, 0) is 0 Å². The number of aromatic amines is 2. The zero-order chi connectivity index (χ0) is 11.1. The van der Waals surface area contributed by atoms with Crippen LogP contribution < -0.4 is 10.3 Å². The molecular weight excluding hydrogens is 206 g/mol. The Hall–Kier alpha value is -2.30. The molecule has 2 heterocycles. The van der Waals surface area contributed by atoms with E-state index in [-0.39, 0.29) is 5.56 Å². The van der Waals surface area contributed by atoms with Crippen molar-refractivity contribution >= 4 is 21.9 Å². The number of rotatable bonds is 1. The SMILES string of the molecule is COc1ccc2c(c1)[nH]c1nc[nH]c(=O)c12. The Bertz CT molecular complexity index is 727. The first-order chi connectivity index (χ1) is 7.79. The summed E-state index contributed by atoms with van der Waals surface area (Å²) >= 11 is 0. The van der Waals surface area contributed by atoms with E-state index in [4.69, 9.17) is 4.74 Å². The molecule has 0 saturated carbocycles. The summed E-state index contributed by atoms with van der Waals surface area (Å²) in [5, 5.41) is 1.44. The van der Waals surface area contributed by atoms with Crippen LogP contribution in [0.4, 0.5) is 0 Å². The normalized spacial score (nSPS) is 11.1. The van der Waals surface area contributed by atoms with Gasteiger partial charge in [-0.25, -0.2) is 4.98 Å². The molecule has 2 N–H and O–H groups in total. The van der Waals surface area contributed by atoms with Crippen molar-refractivity contribution in [2.75, 3.05) is 7.11 Å². The molecule has 0 radical (unpaired) electrons. The van der Waals surface area contributed by atoms with Crippen LogP contribution in [0, 0.1) is 0 Å². The van der Waals surface area contributed by atoms with Crippen LogP contribution in [0.15, 0.2) is 29.3 Å². The third kappa shape index (κ3) is 1.11. The fraction of sp³-hybridized carbons (Fsp3) is 0.0909. The fourth-order valence-corrected chi connectivity index (χ4v) is 1.84. The molecule has 3 rings (SSSR count). The molecule has 0 aliphatic heterocycles. The number of hydrogen-bond donors (Lipinski definition) is 2. The summed E-state index contributed by atoms with van der Waals surface area (Å²) < 4.78 is 5.12. The van der Waals surface area contributed by atoms with Crippen molar-refractivity contribution < 1.29 is 4.74 Å². The summed E-state index contributed by atoms with van der Waals surface area (Å²) in [5.41, 5.74) is 1.30. The summed E-state index contributed by atoms with van der Waals surface area (Å²) in [6, 6.07) is 5.52. The van der Waals surface area contributed by atoms with E-state index in [1.54, 1.807) is 7.11 Å². The Morgan fingerprint density at radius 3 is 3.06 bits per heavy atom. The quantitative estimate of drug-likeness (QED) is 0.644. The molecule has 0 unspecified atom stereocenters. The summed E-state index contributed by atoms with van der Waals surface area (Å²) in [6.07, 6.45) is 1.39. The summed E-state index contributed by atoms with van der Waals surface area (Å²) in [7, 11) is 1.61. The predicted molar refractivity (Wildman–Crippen MR) is 60.8 cm³/mol. The van der Waals surface area contributed by atoms with E-state index >= 15 is 0 Å². The van der Waals surface area contributed by atoms with Gasteiger partial charge in [-0.05, 0) is 12.1 Å². The van der Waals surface area contributed by atoms with Crippen molar-refractivity contribution in [3.63, 3.8) is 0 Å². The monoisotopic (exact) mass is 215 g/mol. The second-order valence-electron chi connectivity index (χ2n) is 3.49. The minimum Gasteiger partial charge on any atom is -0.497 e. The van der Waals surface area contributed by atoms with Gasteiger partial charge in [-0.3, -0.25) is 4.79 Å². The molecule has 0 spiro atoms. The zero-order valence-electron chi connectivity index (χ0n) is 8.57. The smallest absolute Gasteiger partial charge is 0.260 e. The third-order valence-electron chi connectivity index (χ3n) is 2.60. The fourth-order valence-electron chi connectivity index (χ4n) is 1.84. The highest BCUT2D eigenvalue weighted by Gasteiger charge is 2.08. The second kappa shape index (κ2) is 3.10. The molecule has 16 heavy (non-hydrogen) atoms. The van der Waals surface area contributed by atoms with Gasteiger partial charge in [0.1, 0.15) is 11.4 Å². The molecular formula is C11H9N3O2. The van der Waals surface area contributed by atoms with Crippen LogP contribution >= 0.6 is 0 Å². The third-order valence-corrected chi connectivity index (χ3v) is 2.60. The lowest BCUT2D eigenvalue weighted by Gasteiger charge is -1.97. The topological polar surface area (TPSA) is 70.8 Å². The van der Waals surface area contributed by atoms with Crippen molar-refractivity contribution in [2.24, 2.45) is 0 Å². The predicted octanol–water partition coefficient (Wildman–Crippen LogP) is 1.41. The van der Waals surface area contributed by atoms with Crippen LogP contribution in [0.25, 0.3) is 21.9 Å². The Morgan fingerprint density at radius 1 is 1.38 bits per heavy atom. The van der Waals surface area contributed by atoms with E-state index in [0.29, 0.717) is 11.0 Å². The van der Waals surface area contributed by atoms with Gasteiger partial charge in [0.05, 0.1) is 24.3 Å². The number of H-pyrrole nitrogens is 2. The number of hydrogen-bond acceptors (Lipinski definition) is 3. The van der Waals surface area contributed by atoms with Crippen molar-refractivity contribution in [1.82, 2.24) is 15.0 Å². The second-order valence-corrected chi connectivity index (χ2v) is 3.49. The highest BCUT2D eigenvalue weighted by molar-refractivity contribution is 6.05. The van der Waals surface area contributed by atoms with Gasteiger partial charge < -0.3 is 14.7 Å². The highest BCUT2D eigenvalue weighted by atomic mass is 16.5. The number of benzene rings is 1. The van der Waals surface area contributed by atoms with Gasteiger partial charge >= 0.3 is 0 Å². The maximum Gasteiger partial charge on any atom is 0.260 e. The van der Waals surface area contributed by atoms with Crippen molar-refractivity contribution in [1.29, 1.82) is 0 Å². The van der Waals surface area contributed by atoms with E-state index in [1.807, 2.05) is 18.2 Å². The Balaban J connectivity index is 2.52. The van der Waals surface area contributed by atoms with Crippen molar-refractivity contribution in [3.05, 3.63) is 34.9 Å². The molecule has 3 aromatic rings. The lowest BCUT2D eigenvalue weighted by molar-refractivity contribution is 0.415. The molecule has 0 amide bonds. The number of fused-ring (bicyclic) bond motifs is 3. The maximum absolute atomic E-state index is 11.7. The van der Waals surface area contributed by atoms with Crippen LogP contribution in [-0.4, -0.2) is 22.1 Å². The van der Waals surface area contributed by atoms with Gasteiger partial charge in [-0.15, -0.1) is 0 Å². The number of methoxy groups -OCH3 is 1. The standard InChI is InChI=1S/C11H9N3O2/c1-16-6-2-3-7-8(4-6)14-10-9(7)11(15)13-5-12-10/h2-5H,1H3,(H2,12,13,14,15). The number of ether oxygens (including phenoxy) is 1. The highest BCUT2D eigenvalue weighted by Crippen LogP contribution is 2.24. The molecule has 5 heteroatoms. The first-order valence-corrected chi connectivity index (χ1v) is 4.83. The Kier molecular flexibility index (Phi) is 1.73. The summed E-state index contributed by atoms with van der Waals surface area (Å²) in [5.74, 6) is 0.746. The minimum absolute atomic E-state index is 0.138. The average molecular weight is 215 g/mol. The van der Waals surface area contributed by atoms with E-state index in [0.717, 1.165) is 16.7 Å². The summed E-state index contributed by atoms with van der Waals surface area (Å²) in [6.45, 7) is 0. The van der Waals surface area contributed by atoms with Gasteiger partial charge in [-0.2, -0.15) is 0 Å². The van der Waals surface area contributed by atoms with Crippen LogP contribution in [0.5, 0.6) is 5.75 Å². The van der Waals surface area contributed by atoms with Gasteiger partial charge in [0.2, 0.25) is 0 Å². The molecule has 0 saturated heterocycles. The average Bonchev–Trinajstić information content (AvgIpc) is 2.67. The van der Waals surface area contributed by atoms with Gasteiger partial charge in [0, 0.05) is 11.5 Å². The molecule has 0 aliphatic rings. The molecule has 0 atom stereocenters. The van der Waals surface area contributed by atoms with Crippen molar-refractivity contribution in [2.45, 2.75) is 0 Å². The lowest BCUT2D eigenvalue weighted by Crippen LogP contribution is -2.04. The Labute approximate surface area is 90.1 Å². The molecule has 2 aromatic heterocycles. The van der Waals surface area contributed by atoms with E-state index < -0.39 is 0 Å². The Morgan fingerprint density at radius 2 is 2.25 bits per heavy atom. The van der Waals surface area contributed by atoms with E-state index in [1.165, 1.54) is 6.33 Å². The molecule has 0 aliphatic carbocycles. The van der Waals surface area contributed by atoms with Crippen LogP contribution in [0.3, 0.4) is 0 Å². The lowest BCUT2D eigenvalue weighted by atomic mass is 10.2. The molecule has 1 aromatic carbocycles. The van der Waals surface area contributed by atoms with Gasteiger partial charge in [-0.1, -0.05) is 0 Å². The summed E-state index contributed by atoms with van der Waals surface area (Å²) in [4.78, 5) is 21.4. The van der Waals surface area contributed by atoms with Crippen LogP contribution in [0.1, 0.15) is 0 Å². The maximum atomic E-state index is 11.7. The number of aromatic nitrogens is 3. The van der Waals surface area contributed by atoms with Crippen molar-refractivity contribution in [3.8, 4) is 5.75 Å². The largest absolute Gasteiger partial charge is 0.497 e. The first-order valence-electron chi connectivity index (χ1n) is 4.83.